The van der Waals surface area contributed by atoms with E-state index in [9.17, 15) is 0 Å². The van der Waals surface area contributed by atoms with Crippen molar-refractivity contribution in [3.63, 3.8) is 0 Å². The molecule has 0 bridgehead atoms. The lowest BCUT2D eigenvalue weighted by Crippen LogP contribution is -2.47. The maximum absolute atomic E-state index is 4.48. The van der Waals surface area contributed by atoms with Crippen LogP contribution in [0.2, 0.25) is 0 Å². The Morgan fingerprint density at radius 2 is 1.68 bits per heavy atom. The van der Waals surface area contributed by atoms with Crippen molar-refractivity contribution in [1.29, 1.82) is 0 Å². The minimum atomic E-state index is 1.05. The van der Waals surface area contributed by atoms with Gasteiger partial charge < -0.3 is 4.90 Å². The molecule has 1 fully saturated rings. The van der Waals surface area contributed by atoms with E-state index in [1.165, 1.54) is 11.1 Å². The first-order valence-corrected chi connectivity index (χ1v) is 8.03. The normalized spacial score (nSPS) is 16.0. The Morgan fingerprint density at radius 3 is 2.41 bits per heavy atom. The van der Waals surface area contributed by atoms with Gasteiger partial charge in [-0.3, -0.25) is 4.90 Å². The second-order valence-corrected chi connectivity index (χ2v) is 5.97. The van der Waals surface area contributed by atoms with Gasteiger partial charge in [0.05, 0.1) is 0 Å². The van der Waals surface area contributed by atoms with Gasteiger partial charge in [-0.1, -0.05) is 30.3 Å². The van der Waals surface area contributed by atoms with E-state index in [0.29, 0.717) is 0 Å². The lowest BCUT2D eigenvalue weighted by Gasteiger charge is -2.36. The maximum Gasteiger partial charge on any atom is 0.135 e. The predicted octanol–water partition coefficient (Wildman–Crippen LogP) is 2.46. The van der Waals surface area contributed by atoms with Crippen molar-refractivity contribution in [3.8, 4) is 0 Å². The van der Waals surface area contributed by atoms with Crippen molar-refractivity contribution >= 4 is 5.82 Å². The first-order valence-electron chi connectivity index (χ1n) is 8.03. The van der Waals surface area contributed by atoms with Gasteiger partial charge in [-0.25, -0.2) is 9.97 Å². The number of piperazine rings is 1. The summed E-state index contributed by atoms with van der Waals surface area (Å²) in [5.74, 6) is 1.11. The largest absolute Gasteiger partial charge is 0.354 e. The number of aryl methyl sites for hydroxylation is 1. The van der Waals surface area contributed by atoms with Crippen molar-refractivity contribution in [2.24, 2.45) is 0 Å². The standard InChI is InChI=1S/C18H24N4/c1-15-16(2)19-14-20-18(15)22-12-10-21(11-13-22)9-8-17-6-4-3-5-7-17/h3-7,14H,8-13H2,1-2H3. The zero-order valence-electron chi connectivity index (χ0n) is 13.5. The Hall–Kier alpha value is -1.94. The molecule has 0 amide bonds. The molecule has 1 saturated heterocycles. The highest BCUT2D eigenvalue weighted by Crippen LogP contribution is 2.19. The molecule has 0 N–H and O–H groups in total. The number of hydrogen-bond acceptors (Lipinski definition) is 4. The predicted molar refractivity (Wildman–Crippen MR) is 90.3 cm³/mol. The van der Waals surface area contributed by atoms with Crippen molar-refractivity contribution in [2.45, 2.75) is 20.3 Å². The van der Waals surface area contributed by atoms with Crippen LogP contribution in [0.5, 0.6) is 0 Å². The molecular formula is C18H24N4. The van der Waals surface area contributed by atoms with Gasteiger partial charge in [0.25, 0.3) is 0 Å². The third kappa shape index (κ3) is 3.45. The molecule has 0 radical (unpaired) electrons. The minimum absolute atomic E-state index is 1.05. The molecule has 116 valence electrons. The number of anilines is 1. The van der Waals surface area contributed by atoms with Gasteiger partial charge >= 0.3 is 0 Å². The van der Waals surface area contributed by atoms with E-state index in [0.717, 1.165) is 50.7 Å². The van der Waals surface area contributed by atoms with Gasteiger partial charge in [0, 0.05) is 44.0 Å². The summed E-state index contributed by atoms with van der Waals surface area (Å²) in [5, 5.41) is 0. The SMILES string of the molecule is Cc1ncnc(N2CCN(CCc3ccccc3)CC2)c1C. The van der Waals surface area contributed by atoms with E-state index in [1.807, 2.05) is 0 Å². The molecule has 1 aliphatic heterocycles. The Kier molecular flexibility index (Phi) is 4.68. The van der Waals surface area contributed by atoms with E-state index in [-0.39, 0.29) is 0 Å². The van der Waals surface area contributed by atoms with Crippen LogP contribution in [-0.2, 0) is 6.42 Å². The van der Waals surface area contributed by atoms with E-state index < -0.39 is 0 Å². The van der Waals surface area contributed by atoms with E-state index in [2.05, 4.69) is 63.9 Å². The van der Waals surface area contributed by atoms with Crippen LogP contribution in [0.15, 0.2) is 36.7 Å². The Bertz CT molecular complexity index is 604. The zero-order valence-corrected chi connectivity index (χ0v) is 13.5. The molecule has 1 aromatic heterocycles. The van der Waals surface area contributed by atoms with Crippen molar-refractivity contribution in [2.75, 3.05) is 37.6 Å². The summed E-state index contributed by atoms with van der Waals surface area (Å²) in [5.41, 5.74) is 3.71. The Balaban J connectivity index is 1.53. The Morgan fingerprint density at radius 1 is 0.955 bits per heavy atom. The van der Waals surface area contributed by atoms with Crippen molar-refractivity contribution in [1.82, 2.24) is 14.9 Å². The number of aromatic nitrogens is 2. The third-order valence-corrected chi connectivity index (χ3v) is 4.54. The van der Waals surface area contributed by atoms with Gasteiger partial charge in [0.2, 0.25) is 0 Å². The van der Waals surface area contributed by atoms with Crippen LogP contribution in [-0.4, -0.2) is 47.6 Å². The summed E-state index contributed by atoms with van der Waals surface area (Å²) in [4.78, 5) is 13.7. The highest BCUT2D eigenvalue weighted by atomic mass is 15.3. The molecule has 4 nitrogen and oxygen atoms in total. The molecule has 0 atom stereocenters. The molecule has 3 rings (SSSR count). The van der Waals surface area contributed by atoms with Crippen molar-refractivity contribution < 1.29 is 0 Å². The van der Waals surface area contributed by atoms with E-state index in [1.54, 1.807) is 6.33 Å². The molecule has 22 heavy (non-hydrogen) atoms. The van der Waals surface area contributed by atoms with Crippen LogP contribution >= 0.6 is 0 Å². The van der Waals surface area contributed by atoms with E-state index in [4.69, 9.17) is 0 Å². The lowest BCUT2D eigenvalue weighted by atomic mass is 10.1. The highest BCUT2D eigenvalue weighted by molar-refractivity contribution is 5.47. The van der Waals surface area contributed by atoms with Gasteiger partial charge in [-0.05, 0) is 25.8 Å². The highest BCUT2D eigenvalue weighted by Gasteiger charge is 2.19. The average Bonchev–Trinajstić information content (AvgIpc) is 2.57. The van der Waals surface area contributed by atoms with Crippen LogP contribution in [0, 0.1) is 13.8 Å². The molecule has 2 heterocycles. The van der Waals surface area contributed by atoms with Crippen LogP contribution in [0.1, 0.15) is 16.8 Å². The molecule has 1 aromatic carbocycles. The van der Waals surface area contributed by atoms with Gasteiger partial charge in [0.15, 0.2) is 0 Å². The molecule has 0 aliphatic carbocycles. The summed E-state index contributed by atoms with van der Waals surface area (Å²) in [6, 6.07) is 10.7. The first-order chi connectivity index (χ1) is 10.7. The summed E-state index contributed by atoms with van der Waals surface area (Å²) < 4.78 is 0. The molecule has 0 spiro atoms. The van der Waals surface area contributed by atoms with Gasteiger partial charge in [0.1, 0.15) is 12.1 Å². The molecule has 0 saturated carbocycles. The summed E-state index contributed by atoms with van der Waals surface area (Å²) in [6.45, 7) is 9.62. The number of rotatable bonds is 4. The topological polar surface area (TPSA) is 32.3 Å². The number of nitrogens with zero attached hydrogens (tertiary/aromatic N) is 4. The van der Waals surface area contributed by atoms with Crippen LogP contribution in [0.3, 0.4) is 0 Å². The zero-order chi connectivity index (χ0) is 15.4. The molecule has 4 heteroatoms. The quantitative estimate of drug-likeness (QED) is 0.867. The summed E-state index contributed by atoms with van der Waals surface area (Å²) in [6.07, 6.45) is 2.81. The first kappa shape index (κ1) is 15.0. The maximum atomic E-state index is 4.48. The summed E-state index contributed by atoms with van der Waals surface area (Å²) >= 11 is 0. The number of benzene rings is 1. The third-order valence-electron chi connectivity index (χ3n) is 4.54. The monoisotopic (exact) mass is 296 g/mol. The smallest absolute Gasteiger partial charge is 0.135 e. The fourth-order valence-electron chi connectivity index (χ4n) is 2.96. The molecule has 1 aliphatic rings. The van der Waals surface area contributed by atoms with Crippen LogP contribution < -0.4 is 4.90 Å². The Labute approximate surface area is 132 Å². The molecule has 2 aromatic rings. The fourth-order valence-corrected chi connectivity index (χ4v) is 2.96. The average molecular weight is 296 g/mol. The van der Waals surface area contributed by atoms with Crippen LogP contribution in [0.4, 0.5) is 5.82 Å². The van der Waals surface area contributed by atoms with Crippen LogP contribution in [0.25, 0.3) is 0 Å². The minimum Gasteiger partial charge on any atom is -0.354 e. The van der Waals surface area contributed by atoms with Gasteiger partial charge in [-0.15, -0.1) is 0 Å². The fraction of sp³-hybridized carbons (Fsp3) is 0.444. The van der Waals surface area contributed by atoms with Crippen molar-refractivity contribution in [3.05, 3.63) is 53.5 Å². The molecule has 0 unspecified atom stereocenters. The molecular weight excluding hydrogens is 272 g/mol. The number of hydrogen-bond donors (Lipinski definition) is 0. The van der Waals surface area contributed by atoms with Gasteiger partial charge in [-0.2, -0.15) is 0 Å². The lowest BCUT2D eigenvalue weighted by molar-refractivity contribution is 0.260. The second-order valence-electron chi connectivity index (χ2n) is 5.97. The second kappa shape index (κ2) is 6.88. The summed E-state index contributed by atoms with van der Waals surface area (Å²) in [7, 11) is 0. The van der Waals surface area contributed by atoms with E-state index >= 15 is 0 Å².